The summed E-state index contributed by atoms with van der Waals surface area (Å²) in [6.07, 6.45) is 0.839. The lowest BCUT2D eigenvalue weighted by atomic mass is 10.0. The first-order valence-electron chi connectivity index (χ1n) is 5.73. The van der Waals surface area contributed by atoms with Crippen molar-refractivity contribution in [3.8, 4) is 0 Å². The molecule has 0 spiro atoms. The predicted octanol–water partition coefficient (Wildman–Crippen LogP) is 2.76. The predicted molar refractivity (Wildman–Crippen MR) is 79.6 cm³/mol. The fraction of sp³-hybridized carbons (Fsp3) is 0.583. The molecule has 1 rings (SSSR count). The molecule has 0 aliphatic carbocycles. The molecule has 0 aliphatic heterocycles. The summed E-state index contributed by atoms with van der Waals surface area (Å²) in [5, 5.41) is 12.4. The summed E-state index contributed by atoms with van der Waals surface area (Å²) in [5.74, 6) is -0.105. The lowest BCUT2D eigenvalue weighted by Gasteiger charge is -2.30. The lowest BCUT2D eigenvalue weighted by Crippen LogP contribution is -2.51. The first kappa shape index (κ1) is 15.6. The molecule has 0 fully saturated rings. The van der Waals surface area contributed by atoms with E-state index in [1.807, 2.05) is 13.8 Å². The van der Waals surface area contributed by atoms with Crippen LogP contribution in [0.4, 0.5) is 0 Å². The molecule has 1 aromatic rings. The van der Waals surface area contributed by atoms with Gasteiger partial charge in [-0.15, -0.1) is 0 Å². The van der Waals surface area contributed by atoms with Crippen molar-refractivity contribution < 1.29 is 4.79 Å². The Morgan fingerprint density at radius 1 is 1.33 bits per heavy atom. The zero-order valence-corrected chi connectivity index (χ0v) is 13.9. The molecular weight excluding hydrogens is 362 g/mol. The normalized spacial score (nSPS) is 11.4. The number of amides is 1. The molecule has 100 valence electrons. The zero-order valence-electron chi connectivity index (χ0n) is 10.8. The summed E-state index contributed by atoms with van der Waals surface area (Å²) in [6.45, 7) is 5.66. The molecule has 0 atom stereocenters. The standard InChI is InChI=1S/C12H17Br2N3O/c1-4-12(6-13,7-14)15-11(18)10-5-8(2)16-17-9(10)3/h5H,4,6-7H2,1-3H3,(H,15,18). The fourth-order valence-electron chi connectivity index (χ4n) is 1.47. The van der Waals surface area contributed by atoms with E-state index in [1.54, 1.807) is 13.0 Å². The van der Waals surface area contributed by atoms with Crippen molar-refractivity contribution in [1.29, 1.82) is 0 Å². The van der Waals surface area contributed by atoms with E-state index < -0.39 is 0 Å². The summed E-state index contributed by atoms with van der Waals surface area (Å²) in [6, 6.07) is 1.76. The number of nitrogens with one attached hydrogen (secondary N) is 1. The topological polar surface area (TPSA) is 54.9 Å². The maximum atomic E-state index is 12.3. The third-order valence-corrected chi connectivity index (χ3v) is 5.06. The highest BCUT2D eigenvalue weighted by atomic mass is 79.9. The van der Waals surface area contributed by atoms with Gasteiger partial charge in [0.2, 0.25) is 0 Å². The summed E-state index contributed by atoms with van der Waals surface area (Å²) in [4.78, 5) is 12.3. The van der Waals surface area contributed by atoms with Crippen molar-refractivity contribution in [3.63, 3.8) is 0 Å². The van der Waals surface area contributed by atoms with Gasteiger partial charge in [-0.2, -0.15) is 10.2 Å². The summed E-state index contributed by atoms with van der Waals surface area (Å²) >= 11 is 6.91. The average Bonchev–Trinajstić information content (AvgIpc) is 2.38. The van der Waals surface area contributed by atoms with E-state index in [1.165, 1.54) is 0 Å². The largest absolute Gasteiger partial charge is 0.345 e. The van der Waals surface area contributed by atoms with Gasteiger partial charge in [-0.1, -0.05) is 38.8 Å². The Balaban J connectivity index is 2.97. The van der Waals surface area contributed by atoms with Crippen molar-refractivity contribution >= 4 is 37.8 Å². The molecule has 0 saturated heterocycles. The Morgan fingerprint density at radius 3 is 2.44 bits per heavy atom. The lowest BCUT2D eigenvalue weighted by molar-refractivity contribution is 0.0914. The Labute approximate surface area is 124 Å². The van der Waals surface area contributed by atoms with Crippen molar-refractivity contribution in [1.82, 2.24) is 15.5 Å². The summed E-state index contributed by atoms with van der Waals surface area (Å²) in [7, 11) is 0. The van der Waals surface area contributed by atoms with Crippen LogP contribution >= 0.6 is 31.9 Å². The smallest absolute Gasteiger partial charge is 0.253 e. The highest BCUT2D eigenvalue weighted by Crippen LogP contribution is 2.18. The van der Waals surface area contributed by atoms with Gasteiger partial charge in [-0.05, 0) is 26.3 Å². The minimum absolute atomic E-state index is 0.105. The quantitative estimate of drug-likeness (QED) is 0.801. The number of aromatic nitrogens is 2. The third-order valence-electron chi connectivity index (χ3n) is 2.91. The molecule has 0 aliphatic rings. The number of halogens is 2. The van der Waals surface area contributed by atoms with Gasteiger partial charge < -0.3 is 5.32 Å². The Bertz CT molecular complexity index is 425. The second kappa shape index (κ2) is 6.61. The van der Waals surface area contributed by atoms with Crippen LogP contribution in [-0.4, -0.2) is 32.3 Å². The number of aryl methyl sites for hydroxylation is 2. The second-order valence-electron chi connectivity index (χ2n) is 4.34. The van der Waals surface area contributed by atoms with Crippen LogP contribution in [0.1, 0.15) is 35.1 Å². The van der Waals surface area contributed by atoms with Crippen molar-refractivity contribution in [2.75, 3.05) is 10.7 Å². The third kappa shape index (κ3) is 3.51. The molecule has 0 radical (unpaired) electrons. The van der Waals surface area contributed by atoms with Gasteiger partial charge in [0.1, 0.15) is 0 Å². The average molecular weight is 379 g/mol. The molecule has 6 heteroatoms. The molecule has 1 aromatic heterocycles. The van der Waals surface area contributed by atoms with Crippen LogP contribution in [0.2, 0.25) is 0 Å². The minimum atomic E-state index is -0.277. The summed E-state index contributed by atoms with van der Waals surface area (Å²) < 4.78 is 0. The molecular formula is C12H17Br2N3O. The van der Waals surface area contributed by atoms with Crippen molar-refractivity contribution in [2.24, 2.45) is 0 Å². The van der Waals surface area contributed by atoms with Crippen molar-refractivity contribution in [3.05, 3.63) is 23.0 Å². The van der Waals surface area contributed by atoms with Crippen LogP contribution in [0.25, 0.3) is 0 Å². The monoisotopic (exact) mass is 377 g/mol. The Hall–Kier alpha value is -0.490. The number of nitrogens with zero attached hydrogens (tertiary/aromatic N) is 2. The van der Waals surface area contributed by atoms with Gasteiger partial charge in [0.15, 0.2) is 0 Å². The number of rotatable bonds is 5. The van der Waals surface area contributed by atoms with E-state index in [0.717, 1.165) is 12.1 Å². The van der Waals surface area contributed by atoms with Crippen LogP contribution in [-0.2, 0) is 0 Å². The van der Waals surface area contributed by atoms with Gasteiger partial charge in [-0.3, -0.25) is 4.79 Å². The molecule has 0 aromatic carbocycles. The Kier molecular flexibility index (Phi) is 5.72. The number of hydrogen-bond donors (Lipinski definition) is 1. The number of alkyl halides is 2. The maximum absolute atomic E-state index is 12.3. The van der Waals surface area contributed by atoms with Gasteiger partial charge >= 0.3 is 0 Å². The van der Waals surface area contributed by atoms with E-state index in [9.17, 15) is 4.79 Å². The van der Waals surface area contributed by atoms with Crippen LogP contribution in [0, 0.1) is 13.8 Å². The van der Waals surface area contributed by atoms with Crippen LogP contribution in [0.3, 0.4) is 0 Å². The van der Waals surface area contributed by atoms with Gasteiger partial charge in [0.25, 0.3) is 5.91 Å². The number of carbonyl (C=O) groups excluding carboxylic acids is 1. The molecule has 18 heavy (non-hydrogen) atoms. The molecule has 1 N–H and O–H groups in total. The van der Waals surface area contributed by atoms with Crippen LogP contribution in [0.5, 0.6) is 0 Å². The van der Waals surface area contributed by atoms with Gasteiger partial charge in [0.05, 0.1) is 22.5 Å². The summed E-state index contributed by atoms with van der Waals surface area (Å²) in [5.41, 5.74) is 1.70. The van der Waals surface area contributed by atoms with E-state index >= 15 is 0 Å². The molecule has 0 saturated carbocycles. The highest BCUT2D eigenvalue weighted by Gasteiger charge is 2.28. The molecule has 0 unspecified atom stereocenters. The van der Waals surface area contributed by atoms with Gasteiger partial charge in [-0.25, -0.2) is 0 Å². The van der Waals surface area contributed by atoms with Crippen LogP contribution in [0.15, 0.2) is 6.07 Å². The maximum Gasteiger partial charge on any atom is 0.253 e. The first-order valence-corrected chi connectivity index (χ1v) is 7.97. The van der Waals surface area contributed by atoms with Crippen molar-refractivity contribution in [2.45, 2.75) is 32.7 Å². The number of hydrogen-bond acceptors (Lipinski definition) is 3. The van der Waals surface area contributed by atoms with E-state index in [4.69, 9.17) is 0 Å². The molecule has 1 amide bonds. The minimum Gasteiger partial charge on any atom is -0.345 e. The van der Waals surface area contributed by atoms with Gasteiger partial charge in [0, 0.05) is 10.7 Å². The van der Waals surface area contributed by atoms with E-state index in [2.05, 4.69) is 47.4 Å². The molecule has 4 nitrogen and oxygen atoms in total. The Morgan fingerprint density at radius 2 is 1.94 bits per heavy atom. The first-order chi connectivity index (χ1) is 8.48. The van der Waals surface area contributed by atoms with E-state index in [-0.39, 0.29) is 11.4 Å². The molecule has 0 bridgehead atoms. The fourth-order valence-corrected chi connectivity index (χ4v) is 3.47. The highest BCUT2D eigenvalue weighted by molar-refractivity contribution is 9.09. The van der Waals surface area contributed by atoms with E-state index in [0.29, 0.717) is 21.9 Å². The SMILES string of the molecule is CCC(CBr)(CBr)NC(=O)c1cc(C)nnc1C. The van der Waals surface area contributed by atoms with Crippen LogP contribution < -0.4 is 5.32 Å². The number of carbonyl (C=O) groups is 1. The zero-order chi connectivity index (χ0) is 13.8. The second-order valence-corrected chi connectivity index (χ2v) is 5.46. The molecule has 1 heterocycles.